The summed E-state index contributed by atoms with van der Waals surface area (Å²) in [6, 6.07) is 0. The Kier molecular flexibility index (Phi) is 1.45. The van der Waals surface area contributed by atoms with E-state index in [2.05, 4.69) is 13.8 Å². The molecule has 0 heterocycles. The van der Waals surface area contributed by atoms with Gasteiger partial charge in [0.05, 0.1) is 11.7 Å². The highest BCUT2D eigenvalue weighted by atomic mass is 16.3. The zero-order chi connectivity index (χ0) is 9.15. The van der Waals surface area contributed by atoms with Crippen molar-refractivity contribution in [3.63, 3.8) is 0 Å². The molecule has 3 unspecified atom stereocenters. The lowest BCUT2D eigenvalue weighted by atomic mass is 9.85. The van der Waals surface area contributed by atoms with Crippen LogP contribution < -0.4 is 0 Å². The Labute approximate surface area is 73.6 Å². The van der Waals surface area contributed by atoms with Crippen molar-refractivity contribution in [2.45, 2.75) is 45.3 Å². The molecule has 2 aliphatic rings. The number of rotatable bonds is 0. The number of fused-ring (bicyclic) bond motifs is 1. The van der Waals surface area contributed by atoms with Gasteiger partial charge in [0.2, 0.25) is 0 Å². The van der Waals surface area contributed by atoms with E-state index in [1.807, 2.05) is 6.92 Å². The third kappa shape index (κ3) is 1.01. The van der Waals surface area contributed by atoms with Crippen LogP contribution in [0.15, 0.2) is 0 Å². The number of hydrogen-bond acceptors (Lipinski definition) is 2. The van der Waals surface area contributed by atoms with Crippen molar-refractivity contribution in [2.24, 2.45) is 17.3 Å². The highest BCUT2D eigenvalue weighted by Crippen LogP contribution is 2.66. The molecule has 0 spiro atoms. The Hall–Kier alpha value is -0.0800. The summed E-state index contributed by atoms with van der Waals surface area (Å²) >= 11 is 0. The van der Waals surface area contributed by atoms with Gasteiger partial charge < -0.3 is 10.2 Å². The second-order valence-corrected chi connectivity index (χ2v) is 5.43. The Morgan fingerprint density at radius 3 is 2.25 bits per heavy atom. The summed E-state index contributed by atoms with van der Waals surface area (Å²) in [5, 5.41) is 19.5. The maximum Gasteiger partial charge on any atom is 0.0647 e. The van der Waals surface area contributed by atoms with Gasteiger partial charge in [-0.25, -0.2) is 0 Å². The zero-order valence-corrected chi connectivity index (χ0v) is 8.04. The summed E-state index contributed by atoms with van der Waals surface area (Å²) < 4.78 is 0. The topological polar surface area (TPSA) is 40.5 Å². The van der Waals surface area contributed by atoms with Gasteiger partial charge in [-0.15, -0.1) is 0 Å². The molecule has 2 nitrogen and oxygen atoms in total. The molecular formula is C10H18O2. The summed E-state index contributed by atoms with van der Waals surface area (Å²) in [6.45, 7) is 6.21. The van der Waals surface area contributed by atoms with Crippen molar-refractivity contribution in [1.82, 2.24) is 0 Å². The standard InChI is InChI=1S/C10H18O2/c1-9(2)6-4-10(3,12)5-7(11)8(6)9/h6-8,11-12H,4-5H2,1-3H3/t6?,7?,8-,10?/m0/s1. The third-order valence-electron chi connectivity index (χ3n) is 3.86. The quantitative estimate of drug-likeness (QED) is 0.573. The van der Waals surface area contributed by atoms with Crippen molar-refractivity contribution >= 4 is 0 Å². The van der Waals surface area contributed by atoms with E-state index in [1.165, 1.54) is 0 Å². The molecule has 0 aromatic carbocycles. The molecule has 4 atom stereocenters. The Bertz CT molecular complexity index is 206. The van der Waals surface area contributed by atoms with Crippen molar-refractivity contribution in [1.29, 1.82) is 0 Å². The summed E-state index contributed by atoms with van der Waals surface area (Å²) in [5.74, 6) is 0.981. The van der Waals surface area contributed by atoms with Crippen LogP contribution in [0.1, 0.15) is 33.6 Å². The fraction of sp³-hybridized carbons (Fsp3) is 1.00. The first-order valence-electron chi connectivity index (χ1n) is 4.75. The van der Waals surface area contributed by atoms with E-state index in [4.69, 9.17) is 0 Å². The first kappa shape index (κ1) is 8.52. The van der Waals surface area contributed by atoms with Gasteiger partial charge >= 0.3 is 0 Å². The second-order valence-electron chi connectivity index (χ2n) is 5.43. The van der Waals surface area contributed by atoms with Crippen molar-refractivity contribution in [2.75, 3.05) is 0 Å². The molecule has 0 bridgehead atoms. The van der Waals surface area contributed by atoms with Crippen LogP contribution in [0.4, 0.5) is 0 Å². The third-order valence-corrected chi connectivity index (χ3v) is 3.86. The molecule has 2 aliphatic carbocycles. The van der Waals surface area contributed by atoms with Crippen LogP contribution in [0.5, 0.6) is 0 Å². The van der Waals surface area contributed by atoms with Gasteiger partial charge in [0.1, 0.15) is 0 Å². The average molecular weight is 170 g/mol. The molecule has 12 heavy (non-hydrogen) atoms. The Balaban J connectivity index is 2.16. The molecule has 0 aliphatic heterocycles. The maximum absolute atomic E-state index is 9.81. The predicted molar refractivity (Wildman–Crippen MR) is 46.6 cm³/mol. The summed E-state index contributed by atoms with van der Waals surface area (Å²) in [6.07, 6.45) is 1.13. The predicted octanol–water partition coefficient (Wildman–Crippen LogP) is 1.16. The van der Waals surface area contributed by atoms with Gasteiger partial charge in [0, 0.05) is 6.42 Å². The van der Waals surface area contributed by atoms with Crippen LogP contribution in [0.2, 0.25) is 0 Å². The molecule has 2 heteroatoms. The second kappa shape index (κ2) is 2.05. The van der Waals surface area contributed by atoms with E-state index in [0.717, 1.165) is 6.42 Å². The lowest BCUT2D eigenvalue weighted by molar-refractivity contribution is -0.0366. The van der Waals surface area contributed by atoms with Gasteiger partial charge in [0.15, 0.2) is 0 Å². The Morgan fingerprint density at radius 2 is 1.75 bits per heavy atom. The molecule has 0 aromatic heterocycles. The SMILES string of the molecule is CC1(O)CC(O)[C@@H]2C(C1)C2(C)C. The average Bonchev–Trinajstić information content (AvgIpc) is 2.30. The summed E-state index contributed by atoms with van der Waals surface area (Å²) in [7, 11) is 0. The molecule has 2 saturated carbocycles. The van der Waals surface area contributed by atoms with Crippen LogP contribution >= 0.6 is 0 Å². The molecule has 2 fully saturated rings. The normalized spacial score (nSPS) is 56.2. The molecule has 0 amide bonds. The van der Waals surface area contributed by atoms with Crippen LogP contribution in [0.3, 0.4) is 0 Å². The summed E-state index contributed by atoms with van der Waals surface area (Å²) in [5.41, 5.74) is -0.367. The fourth-order valence-corrected chi connectivity index (χ4v) is 3.08. The maximum atomic E-state index is 9.81. The van der Waals surface area contributed by atoms with Crippen molar-refractivity contribution < 1.29 is 10.2 Å². The van der Waals surface area contributed by atoms with Gasteiger partial charge in [0.25, 0.3) is 0 Å². The molecule has 2 rings (SSSR count). The highest BCUT2D eigenvalue weighted by molar-refractivity contribution is 5.13. The highest BCUT2D eigenvalue weighted by Gasteiger charge is 2.65. The van der Waals surface area contributed by atoms with E-state index in [9.17, 15) is 10.2 Å². The van der Waals surface area contributed by atoms with E-state index >= 15 is 0 Å². The molecule has 0 aromatic rings. The van der Waals surface area contributed by atoms with Gasteiger partial charge in [-0.1, -0.05) is 13.8 Å². The lowest BCUT2D eigenvalue weighted by Gasteiger charge is -2.30. The fourth-order valence-electron chi connectivity index (χ4n) is 3.08. The first-order valence-corrected chi connectivity index (χ1v) is 4.75. The molecular weight excluding hydrogens is 152 g/mol. The number of aliphatic hydroxyl groups is 2. The van der Waals surface area contributed by atoms with E-state index in [1.54, 1.807) is 0 Å². The van der Waals surface area contributed by atoms with Crippen LogP contribution in [0.25, 0.3) is 0 Å². The largest absolute Gasteiger partial charge is 0.393 e. The molecule has 70 valence electrons. The van der Waals surface area contributed by atoms with Gasteiger partial charge in [-0.3, -0.25) is 0 Å². The van der Waals surface area contributed by atoms with E-state index in [0.29, 0.717) is 18.3 Å². The Morgan fingerprint density at radius 1 is 1.17 bits per heavy atom. The van der Waals surface area contributed by atoms with Crippen molar-refractivity contribution in [3.8, 4) is 0 Å². The number of hydrogen-bond donors (Lipinski definition) is 2. The zero-order valence-electron chi connectivity index (χ0n) is 8.04. The molecule has 2 N–H and O–H groups in total. The van der Waals surface area contributed by atoms with E-state index in [-0.39, 0.29) is 11.5 Å². The lowest BCUT2D eigenvalue weighted by Crippen LogP contribution is -2.35. The summed E-state index contributed by atoms with van der Waals surface area (Å²) in [4.78, 5) is 0. The van der Waals surface area contributed by atoms with Gasteiger partial charge in [-0.2, -0.15) is 0 Å². The van der Waals surface area contributed by atoms with Crippen LogP contribution in [0, 0.1) is 17.3 Å². The minimum Gasteiger partial charge on any atom is -0.393 e. The van der Waals surface area contributed by atoms with Crippen molar-refractivity contribution in [3.05, 3.63) is 0 Å². The first-order chi connectivity index (χ1) is 5.34. The van der Waals surface area contributed by atoms with E-state index < -0.39 is 5.60 Å². The number of aliphatic hydroxyl groups excluding tert-OH is 1. The van der Waals surface area contributed by atoms with Crippen LogP contribution in [-0.4, -0.2) is 21.9 Å². The molecule has 0 saturated heterocycles. The smallest absolute Gasteiger partial charge is 0.0647 e. The molecule has 0 radical (unpaired) electrons. The minimum absolute atomic E-state index is 0.264. The minimum atomic E-state index is -0.631. The van der Waals surface area contributed by atoms with Gasteiger partial charge in [-0.05, 0) is 30.6 Å². The monoisotopic (exact) mass is 170 g/mol. The van der Waals surface area contributed by atoms with Crippen LogP contribution in [-0.2, 0) is 0 Å².